The third-order valence-corrected chi connectivity index (χ3v) is 4.39. The third kappa shape index (κ3) is 4.22. The quantitative estimate of drug-likeness (QED) is 0.749. The van der Waals surface area contributed by atoms with E-state index in [4.69, 9.17) is 23.2 Å². The second-order valence-corrected chi connectivity index (χ2v) is 6.10. The van der Waals surface area contributed by atoms with E-state index in [2.05, 4.69) is 34.2 Å². The van der Waals surface area contributed by atoms with Gasteiger partial charge in [0.05, 0.1) is 5.02 Å². The van der Waals surface area contributed by atoms with Crippen molar-refractivity contribution in [2.45, 2.75) is 19.5 Å². The van der Waals surface area contributed by atoms with Crippen LogP contribution in [0.1, 0.15) is 24.1 Å². The molecule has 0 radical (unpaired) electrons. The van der Waals surface area contributed by atoms with E-state index >= 15 is 0 Å². The highest BCUT2D eigenvalue weighted by molar-refractivity contribution is 9.10. The average Bonchev–Trinajstić information content (AvgIpc) is 2.40. The molecular formula is C15H14BrCl2N. The van der Waals surface area contributed by atoms with Crippen molar-refractivity contribution in [1.29, 1.82) is 0 Å². The third-order valence-electron chi connectivity index (χ3n) is 2.95. The van der Waals surface area contributed by atoms with Crippen molar-refractivity contribution >= 4 is 39.1 Å². The van der Waals surface area contributed by atoms with Crippen LogP contribution in [0.25, 0.3) is 0 Å². The zero-order valence-corrected chi connectivity index (χ0v) is 13.6. The number of benzene rings is 2. The van der Waals surface area contributed by atoms with Gasteiger partial charge in [-0.1, -0.05) is 41.4 Å². The van der Waals surface area contributed by atoms with Crippen molar-refractivity contribution in [3.05, 3.63) is 68.1 Å². The largest absolute Gasteiger partial charge is 0.306 e. The van der Waals surface area contributed by atoms with Crippen molar-refractivity contribution in [2.75, 3.05) is 0 Å². The summed E-state index contributed by atoms with van der Waals surface area (Å²) in [5, 5.41) is 4.96. The second-order valence-electron chi connectivity index (χ2n) is 4.41. The number of hydrogen-bond acceptors (Lipinski definition) is 1. The molecule has 2 rings (SSSR count). The average molecular weight is 359 g/mol. The van der Waals surface area contributed by atoms with E-state index < -0.39 is 0 Å². The first-order valence-electron chi connectivity index (χ1n) is 5.99. The van der Waals surface area contributed by atoms with Crippen molar-refractivity contribution < 1.29 is 0 Å². The lowest BCUT2D eigenvalue weighted by atomic mass is 10.1. The number of halogens is 3. The van der Waals surface area contributed by atoms with Gasteiger partial charge in [0, 0.05) is 22.1 Å². The zero-order chi connectivity index (χ0) is 13.8. The van der Waals surface area contributed by atoms with E-state index in [1.165, 1.54) is 11.1 Å². The first-order chi connectivity index (χ1) is 9.06. The molecule has 19 heavy (non-hydrogen) atoms. The summed E-state index contributed by atoms with van der Waals surface area (Å²) in [5.41, 5.74) is 2.37. The molecule has 0 aliphatic carbocycles. The second kappa shape index (κ2) is 6.76. The van der Waals surface area contributed by atoms with E-state index in [1.807, 2.05) is 36.4 Å². The van der Waals surface area contributed by atoms with Crippen LogP contribution >= 0.6 is 39.1 Å². The molecule has 2 aromatic rings. The molecule has 1 nitrogen and oxygen atoms in total. The molecule has 4 heteroatoms. The molecule has 0 amide bonds. The van der Waals surface area contributed by atoms with Crippen LogP contribution in [0.4, 0.5) is 0 Å². The molecule has 2 aromatic carbocycles. The molecule has 1 N–H and O–H groups in total. The van der Waals surface area contributed by atoms with Crippen molar-refractivity contribution in [3.8, 4) is 0 Å². The molecule has 0 aromatic heterocycles. The maximum absolute atomic E-state index is 6.00. The standard InChI is InChI=1S/C15H14BrCl2N/c1-10(12-3-2-4-13(17)8-12)19-9-11-5-6-15(18)14(16)7-11/h2-8,10,19H,9H2,1H3/t10-/m1/s1. The molecule has 0 aliphatic rings. The first kappa shape index (κ1) is 14.9. The predicted molar refractivity (Wildman–Crippen MR) is 85.9 cm³/mol. The van der Waals surface area contributed by atoms with Crippen LogP contribution in [0.3, 0.4) is 0 Å². The van der Waals surface area contributed by atoms with Crippen LogP contribution in [0.15, 0.2) is 46.9 Å². The van der Waals surface area contributed by atoms with Crippen LogP contribution < -0.4 is 5.32 Å². The number of hydrogen-bond donors (Lipinski definition) is 1. The van der Waals surface area contributed by atoms with Gasteiger partial charge >= 0.3 is 0 Å². The maximum atomic E-state index is 6.00. The summed E-state index contributed by atoms with van der Waals surface area (Å²) >= 11 is 15.4. The van der Waals surface area contributed by atoms with Gasteiger partial charge in [-0.15, -0.1) is 0 Å². The fourth-order valence-electron chi connectivity index (χ4n) is 1.81. The van der Waals surface area contributed by atoms with Crippen molar-refractivity contribution in [1.82, 2.24) is 5.32 Å². The molecule has 1 atom stereocenters. The Morgan fingerprint density at radius 2 is 1.95 bits per heavy atom. The number of nitrogens with one attached hydrogen (secondary N) is 1. The maximum Gasteiger partial charge on any atom is 0.0548 e. The van der Waals surface area contributed by atoms with Crippen molar-refractivity contribution in [3.63, 3.8) is 0 Å². The van der Waals surface area contributed by atoms with Crippen LogP contribution in [-0.2, 0) is 6.54 Å². The fraction of sp³-hybridized carbons (Fsp3) is 0.200. The molecule has 0 aliphatic heterocycles. The van der Waals surface area contributed by atoms with E-state index in [-0.39, 0.29) is 6.04 Å². The van der Waals surface area contributed by atoms with Gasteiger partial charge in [-0.05, 0) is 58.2 Å². The Hall–Kier alpha value is -0.540. The normalized spacial score (nSPS) is 12.4. The molecule has 0 fully saturated rings. The Bertz CT molecular complexity index is 572. The van der Waals surface area contributed by atoms with Gasteiger partial charge in [0.1, 0.15) is 0 Å². The fourth-order valence-corrected chi connectivity index (χ4v) is 2.56. The first-order valence-corrected chi connectivity index (χ1v) is 7.54. The van der Waals surface area contributed by atoms with Gasteiger partial charge in [-0.3, -0.25) is 0 Å². The topological polar surface area (TPSA) is 12.0 Å². The Labute approximate surface area is 132 Å². The minimum Gasteiger partial charge on any atom is -0.306 e. The lowest BCUT2D eigenvalue weighted by Crippen LogP contribution is -2.18. The minimum atomic E-state index is 0.244. The van der Waals surface area contributed by atoms with Gasteiger partial charge in [0.15, 0.2) is 0 Å². The van der Waals surface area contributed by atoms with Gasteiger partial charge in [-0.2, -0.15) is 0 Å². The summed E-state index contributed by atoms with van der Waals surface area (Å²) in [6.07, 6.45) is 0. The smallest absolute Gasteiger partial charge is 0.0548 e. The van der Waals surface area contributed by atoms with E-state index in [0.717, 1.165) is 21.1 Å². The molecule has 0 spiro atoms. The van der Waals surface area contributed by atoms with E-state index in [0.29, 0.717) is 0 Å². The summed E-state index contributed by atoms with van der Waals surface area (Å²) in [6.45, 7) is 2.90. The van der Waals surface area contributed by atoms with E-state index in [9.17, 15) is 0 Å². The van der Waals surface area contributed by atoms with Gasteiger partial charge in [-0.25, -0.2) is 0 Å². The van der Waals surface area contributed by atoms with Crippen LogP contribution in [0, 0.1) is 0 Å². The monoisotopic (exact) mass is 357 g/mol. The molecular weight excluding hydrogens is 345 g/mol. The van der Waals surface area contributed by atoms with Crippen LogP contribution in [0.2, 0.25) is 10.0 Å². The van der Waals surface area contributed by atoms with Gasteiger partial charge < -0.3 is 5.32 Å². The molecule has 0 saturated carbocycles. The molecule has 0 saturated heterocycles. The van der Waals surface area contributed by atoms with Crippen LogP contribution in [-0.4, -0.2) is 0 Å². The lowest BCUT2D eigenvalue weighted by molar-refractivity contribution is 0.574. The Balaban J connectivity index is 2.00. The van der Waals surface area contributed by atoms with Crippen molar-refractivity contribution in [2.24, 2.45) is 0 Å². The van der Waals surface area contributed by atoms with Gasteiger partial charge in [0.2, 0.25) is 0 Å². The summed E-state index contributed by atoms with van der Waals surface area (Å²) in [5.74, 6) is 0. The van der Waals surface area contributed by atoms with Crippen LogP contribution in [0.5, 0.6) is 0 Å². The molecule has 0 unspecified atom stereocenters. The highest BCUT2D eigenvalue weighted by Crippen LogP contribution is 2.24. The Morgan fingerprint density at radius 3 is 2.63 bits per heavy atom. The summed E-state index contributed by atoms with van der Waals surface area (Å²) in [4.78, 5) is 0. The molecule has 100 valence electrons. The summed E-state index contributed by atoms with van der Waals surface area (Å²) in [7, 11) is 0. The Morgan fingerprint density at radius 1 is 1.16 bits per heavy atom. The minimum absolute atomic E-state index is 0.244. The highest BCUT2D eigenvalue weighted by Gasteiger charge is 2.06. The zero-order valence-electron chi connectivity index (χ0n) is 10.5. The summed E-state index contributed by atoms with van der Waals surface area (Å²) in [6, 6.07) is 14.1. The number of rotatable bonds is 4. The lowest BCUT2D eigenvalue weighted by Gasteiger charge is -2.15. The molecule has 0 bridgehead atoms. The predicted octanol–water partition coefficient (Wildman–Crippen LogP) is 5.61. The highest BCUT2D eigenvalue weighted by atomic mass is 79.9. The SMILES string of the molecule is C[C@@H](NCc1ccc(Cl)c(Br)c1)c1cccc(Cl)c1. The summed E-state index contributed by atoms with van der Waals surface area (Å²) < 4.78 is 0.920. The van der Waals surface area contributed by atoms with E-state index in [1.54, 1.807) is 0 Å². The Kier molecular flexibility index (Phi) is 5.28. The molecule has 0 heterocycles. The van der Waals surface area contributed by atoms with Gasteiger partial charge in [0.25, 0.3) is 0 Å².